The Bertz CT molecular complexity index is 579. The molecular weight excluding hydrogens is 236 g/mol. The van der Waals surface area contributed by atoms with Crippen LogP contribution in [0.1, 0.15) is 11.1 Å². The van der Waals surface area contributed by atoms with Crippen LogP contribution in [0.4, 0.5) is 11.4 Å². The number of para-hydroxylation sites is 1. The molecule has 0 radical (unpaired) electrons. The highest BCUT2D eigenvalue weighted by atomic mass is 16.2. The molecule has 2 aromatic carbocycles. The molecule has 0 unspecified atom stereocenters. The number of benzene rings is 2. The number of aryl methyl sites for hydroxylation is 1. The molecule has 3 heteroatoms. The van der Waals surface area contributed by atoms with Gasteiger partial charge in [0, 0.05) is 17.8 Å². The van der Waals surface area contributed by atoms with Gasteiger partial charge >= 0.3 is 0 Å². The Morgan fingerprint density at radius 2 is 1.89 bits per heavy atom. The third kappa shape index (κ3) is 2.45. The van der Waals surface area contributed by atoms with Crippen LogP contribution in [-0.4, -0.2) is 11.9 Å². The lowest BCUT2D eigenvalue weighted by atomic mass is 10.1. The average Bonchev–Trinajstić information content (AvgIpc) is 2.85. The molecule has 2 N–H and O–H groups in total. The second-order valence-electron chi connectivity index (χ2n) is 4.91. The van der Waals surface area contributed by atoms with Gasteiger partial charge in [-0.05, 0) is 30.7 Å². The first-order chi connectivity index (χ1) is 9.22. The maximum absolute atomic E-state index is 12.2. The fourth-order valence-electron chi connectivity index (χ4n) is 2.32. The Hall–Kier alpha value is -2.29. The zero-order valence-electron chi connectivity index (χ0n) is 10.8. The van der Waals surface area contributed by atoms with E-state index in [0.29, 0.717) is 0 Å². The topological polar surface area (TPSA) is 41.1 Å². The van der Waals surface area contributed by atoms with Gasteiger partial charge in [0.1, 0.15) is 6.04 Å². The summed E-state index contributed by atoms with van der Waals surface area (Å²) in [6.07, 6.45) is 0.744. The molecular formula is C16H16N2O. The van der Waals surface area contributed by atoms with E-state index in [9.17, 15) is 4.79 Å². The predicted molar refractivity (Wildman–Crippen MR) is 77.4 cm³/mol. The summed E-state index contributed by atoms with van der Waals surface area (Å²) >= 11 is 0. The number of amides is 1. The fourth-order valence-corrected chi connectivity index (χ4v) is 2.32. The molecule has 1 heterocycles. The van der Waals surface area contributed by atoms with Gasteiger partial charge in [-0.2, -0.15) is 0 Å². The van der Waals surface area contributed by atoms with Crippen molar-refractivity contribution in [1.29, 1.82) is 0 Å². The summed E-state index contributed by atoms with van der Waals surface area (Å²) in [5, 5.41) is 6.20. The van der Waals surface area contributed by atoms with Gasteiger partial charge < -0.3 is 10.6 Å². The summed E-state index contributed by atoms with van der Waals surface area (Å²) in [4.78, 5) is 12.2. The highest BCUT2D eigenvalue weighted by molar-refractivity contribution is 5.98. The van der Waals surface area contributed by atoms with Crippen molar-refractivity contribution in [3.05, 3.63) is 59.7 Å². The second-order valence-corrected chi connectivity index (χ2v) is 4.91. The summed E-state index contributed by atoms with van der Waals surface area (Å²) in [6, 6.07) is 15.7. The molecule has 1 atom stereocenters. The summed E-state index contributed by atoms with van der Waals surface area (Å²) in [6.45, 7) is 2.03. The molecule has 96 valence electrons. The van der Waals surface area contributed by atoms with Crippen LogP contribution in [0.2, 0.25) is 0 Å². The quantitative estimate of drug-likeness (QED) is 0.862. The molecule has 0 aromatic heterocycles. The van der Waals surface area contributed by atoms with E-state index < -0.39 is 0 Å². The molecule has 1 aliphatic rings. The van der Waals surface area contributed by atoms with E-state index in [4.69, 9.17) is 0 Å². The number of hydrogen-bond donors (Lipinski definition) is 2. The van der Waals surface area contributed by atoms with Gasteiger partial charge in [0.2, 0.25) is 5.91 Å². The molecule has 1 amide bonds. The van der Waals surface area contributed by atoms with E-state index in [2.05, 4.69) is 16.7 Å². The molecule has 1 aliphatic heterocycles. The van der Waals surface area contributed by atoms with Gasteiger partial charge in [-0.1, -0.05) is 35.9 Å². The molecule has 0 bridgehead atoms. The average molecular weight is 252 g/mol. The van der Waals surface area contributed by atoms with Crippen LogP contribution in [0, 0.1) is 6.92 Å². The second kappa shape index (κ2) is 4.76. The van der Waals surface area contributed by atoms with E-state index >= 15 is 0 Å². The van der Waals surface area contributed by atoms with Gasteiger partial charge in [-0.25, -0.2) is 0 Å². The third-order valence-corrected chi connectivity index (χ3v) is 3.41. The number of anilines is 2. The standard InChI is InChI=1S/C16H16N2O/c1-11-6-8-13(9-7-11)17-16(19)15-10-12-4-2-3-5-14(12)18-15/h2-9,15,18H,10H2,1H3,(H,17,19)/t15-/m0/s1. The Morgan fingerprint density at radius 1 is 1.16 bits per heavy atom. The summed E-state index contributed by atoms with van der Waals surface area (Å²) in [5.41, 5.74) is 4.29. The smallest absolute Gasteiger partial charge is 0.247 e. The molecule has 0 saturated carbocycles. The van der Waals surface area contributed by atoms with Gasteiger partial charge in [0.05, 0.1) is 0 Å². The Morgan fingerprint density at radius 3 is 2.63 bits per heavy atom. The molecule has 0 aliphatic carbocycles. The summed E-state index contributed by atoms with van der Waals surface area (Å²) < 4.78 is 0. The van der Waals surface area contributed by atoms with Crippen LogP contribution in [0.5, 0.6) is 0 Å². The van der Waals surface area contributed by atoms with Crippen LogP contribution >= 0.6 is 0 Å². The minimum absolute atomic E-state index is 0.0139. The van der Waals surface area contributed by atoms with Gasteiger partial charge in [-0.15, -0.1) is 0 Å². The minimum atomic E-state index is -0.182. The van der Waals surface area contributed by atoms with Crippen LogP contribution < -0.4 is 10.6 Å². The highest BCUT2D eigenvalue weighted by Crippen LogP contribution is 2.25. The monoisotopic (exact) mass is 252 g/mol. The van der Waals surface area contributed by atoms with Crippen molar-refractivity contribution in [2.75, 3.05) is 10.6 Å². The first-order valence-corrected chi connectivity index (χ1v) is 6.44. The van der Waals surface area contributed by atoms with Crippen LogP contribution in [0.15, 0.2) is 48.5 Å². The van der Waals surface area contributed by atoms with Crippen molar-refractivity contribution in [1.82, 2.24) is 0 Å². The zero-order valence-corrected chi connectivity index (χ0v) is 10.8. The molecule has 3 nitrogen and oxygen atoms in total. The van der Waals surface area contributed by atoms with Gasteiger partial charge in [0.15, 0.2) is 0 Å². The molecule has 0 spiro atoms. The molecule has 3 rings (SSSR count). The molecule has 2 aromatic rings. The van der Waals surface area contributed by atoms with Crippen molar-refractivity contribution in [2.45, 2.75) is 19.4 Å². The normalized spacial score (nSPS) is 16.6. The largest absolute Gasteiger partial charge is 0.373 e. The van der Waals surface area contributed by atoms with Gasteiger partial charge in [0.25, 0.3) is 0 Å². The Labute approximate surface area is 112 Å². The SMILES string of the molecule is Cc1ccc(NC(=O)[C@@H]2Cc3ccccc3N2)cc1. The first-order valence-electron chi connectivity index (χ1n) is 6.44. The molecule has 19 heavy (non-hydrogen) atoms. The maximum Gasteiger partial charge on any atom is 0.247 e. The van der Waals surface area contributed by atoms with E-state index in [1.54, 1.807) is 0 Å². The summed E-state index contributed by atoms with van der Waals surface area (Å²) in [7, 11) is 0. The van der Waals surface area contributed by atoms with Crippen LogP contribution in [0.25, 0.3) is 0 Å². The lowest BCUT2D eigenvalue weighted by Crippen LogP contribution is -2.32. The summed E-state index contributed by atoms with van der Waals surface area (Å²) in [5.74, 6) is 0.0139. The fraction of sp³-hybridized carbons (Fsp3) is 0.188. The first kappa shape index (κ1) is 11.8. The van der Waals surface area contributed by atoms with E-state index in [-0.39, 0.29) is 11.9 Å². The number of carbonyl (C=O) groups is 1. The predicted octanol–water partition coefficient (Wildman–Crippen LogP) is 2.97. The van der Waals surface area contributed by atoms with Gasteiger partial charge in [-0.3, -0.25) is 4.79 Å². The van der Waals surface area contributed by atoms with Crippen molar-refractivity contribution < 1.29 is 4.79 Å². The van der Waals surface area contributed by atoms with Crippen molar-refractivity contribution in [2.24, 2.45) is 0 Å². The van der Waals surface area contributed by atoms with Crippen molar-refractivity contribution in [3.8, 4) is 0 Å². The van der Waals surface area contributed by atoms with Crippen LogP contribution in [0.3, 0.4) is 0 Å². The zero-order chi connectivity index (χ0) is 13.2. The minimum Gasteiger partial charge on any atom is -0.373 e. The number of fused-ring (bicyclic) bond motifs is 1. The van der Waals surface area contributed by atoms with E-state index in [0.717, 1.165) is 17.8 Å². The highest BCUT2D eigenvalue weighted by Gasteiger charge is 2.26. The molecule has 0 fully saturated rings. The van der Waals surface area contributed by atoms with Crippen molar-refractivity contribution in [3.63, 3.8) is 0 Å². The number of nitrogens with one attached hydrogen (secondary N) is 2. The number of carbonyl (C=O) groups excluding carboxylic acids is 1. The molecule has 0 saturated heterocycles. The van der Waals surface area contributed by atoms with E-state index in [1.807, 2.05) is 49.4 Å². The number of hydrogen-bond acceptors (Lipinski definition) is 2. The van der Waals surface area contributed by atoms with Crippen molar-refractivity contribution >= 4 is 17.3 Å². The Balaban J connectivity index is 1.68. The lowest BCUT2D eigenvalue weighted by Gasteiger charge is -2.12. The van der Waals surface area contributed by atoms with E-state index in [1.165, 1.54) is 11.1 Å². The Kier molecular flexibility index (Phi) is 2.95. The number of rotatable bonds is 2. The third-order valence-electron chi connectivity index (χ3n) is 3.41. The lowest BCUT2D eigenvalue weighted by molar-refractivity contribution is -0.116. The van der Waals surface area contributed by atoms with Crippen LogP contribution in [-0.2, 0) is 11.2 Å². The maximum atomic E-state index is 12.2.